The molecule has 0 aromatic heterocycles. The molecule has 5 nitrogen and oxygen atoms in total. The van der Waals surface area contributed by atoms with Crippen LogP contribution in [0.2, 0.25) is 0 Å². The van der Waals surface area contributed by atoms with Crippen molar-refractivity contribution in [1.82, 2.24) is 10.6 Å². The first kappa shape index (κ1) is 15.7. The molecule has 2 amide bonds. The number of rotatable bonds is 3. The summed E-state index contributed by atoms with van der Waals surface area (Å²) in [4.78, 5) is 23.9. The minimum absolute atomic E-state index is 0.0614. The molecule has 0 aliphatic carbocycles. The van der Waals surface area contributed by atoms with Gasteiger partial charge in [-0.2, -0.15) is 0 Å². The Labute approximate surface area is 114 Å². The zero-order valence-corrected chi connectivity index (χ0v) is 12.2. The largest absolute Gasteiger partial charge is 0.378 e. The molecule has 0 saturated carbocycles. The molecule has 0 aromatic carbocycles. The monoisotopic (exact) mass is 268 g/mol. The molecular weight excluding hydrogens is 244 g/mol. The van der Waals surface area contributed by atoms with Crippen molar-refractivity contribution in [3.8, 4) is 0 Å². The average Bonchev–Trinajstić information content (AvgIpc) is 2.26. The van der Waals surface area contributed by atoms with Crippen LogP contribution in [-0.4, -0.2) is 36.1 Å². The number of ether oxygens (including phenoxy) is 1. The van der Waals surface area contributed by atoms with Crippen LogP contribution >= 0.6 is 0 Å². The highest BCUT2D eigenvalue weighted by Crippen LogP contribution is 2.25. The summed E-state index contributed by atoms with van der Waals surface area (Å²) in [7, 11) is 0. The molecular formula is C14H24N2O3. The van der Waals surface area contributed by atoms with Gasteiger partial charge in [0.25, 0.3) is 0 Å². The molecule has 1 aliphatic rings. The SMILES string of the molecule is C=CC1COCC(NC(C)=O)(C(=O)NC(C)(C)C)C1. The fourth-order valence-corrected chi connectivity index (χ4v) is 2.20. The number of amides is 2. The molecule has 0 bridgehead atoms. The Balaban J connectivity index is 2.95. The maximum absolute atomic E-state index is 12.5. The van der Waals surface area contributed by atoms with Crippen LogP contribution in [0.4, 0.5) is 0 Å². The minimum atomic E-state index is -1.00. The number of carbonyl (C=O) groups is 2. The lowest BCUT2D eigenvalue weighted by Crippen LogP contribution is -2.66. The summed E-state index contributed by atoms with van der Waals surface area (Å²) in [6.07, 6.45) is 2.28. The Hall–Kier alpha value is -1.36. The molecule has 1 aliphatic heterocycles. The van der Waals surface area contributed by atoms with Crippen LogP contribution in [0.25, 0.3) is 0 Å². The number of carbonyl (C=O) groups excluding carboxylic acids is 2. The summed E-state index contributed by atoms with van der Waals surface area (Å²) in [6, 6.07) is 0. The highest BCUT2D eigenvalue weighted by molar-refractivity contribution is 5.91. The lowest BCUT2D eigenvalue weighted by molar-refractivity contribution is -0.141. The normalized spacial score (nSPS) is 27.5. The standard InChI is InChI=1S/C14H24N2O3/c1-6-11-7-14(9-19-8-11,15-10(2)17)12(18)16-13(3,4)5/h6,11H,1,7-9H2,2-5H3,(H,15,17)(H,16,18). The van der Waals surface area contributed by atoms with Crippen molar-refractivity contribution in [2.24, 2.45) is 5.92 Å². The van der Waals surface area contributed by atoms with Gasteiger partial charge in [0.2, 0.25) is 11.8 Å². The Morgan fingerprint density at radius 1 is 1.42 bits per heavy atom. The van der Waals surface area contributed by atoms with Gasteiger partial charge in [-0.05, 0) is 27.2 Å². The second kappa shape index (κ2) is 5.74. The Morgan fingerprint density at radius 3 is 2.53 bits per heavy atom. The van der Waals surface area contributed by atoms with Crippen LogP contribution in [0, 0.1) is 5.92 Å². The van der Waals surface area contributed by atoms with Gasteiger partial charge in [-0.3, -0.25) is 9.59 Å². The first-order chi connectivity index (χ1) is 8.68. The zero-order valence-electron chi connectivity index (χ0n) is 12.2. The lowest BCUT2D eigenvalue weighted by atomic mass is 9.84. The lowest BCUT2D eigenvalue weighted by Gasteiger charge is -2.40. The number of nitrogens with one attached hydrogen (secondary N) is 2. The molecule has 5 heteroatoms. The van der Waals surface area contributed by atoms with E-state index in [1.807, 2.05) is 20.8 Å². The summed E-state index contributed by atoms with van der Waals surface area (Å²) < 4.78 is 5.48. The van der Waals surface area contributed by atoms with E-state index < -0.39 is 5.54 Å². The second-order valence-corrected chi connectivity index (χ2v) is 6.18. The van der Waals surface area contributed by atoms with E-state index in [0.717, 1.165) is 0 Å². The highest BCUT2D eigenvalue weighted by Gasteiger charge is 2.44. The molecule has 108 valence electrons. The minimum Gasteiger partial charge on any atom is -0.378 e. The summed E-state index contributed by atoms with van der Waals surface area (Å²) in [5.41, 5.74) is -1.36. The van der Waals surface area contributed by atoms with E-state index in [-0.39, 0.29) is 29.9 Å². The van der Waals surface area contributed by atoms with Gasteiger partial charge in [0.15, 0.2) is 0 Å². The summed E-state index contributed by atoms with van der Waals surface area (Å²) in [6.45, 7) is 11.6. The van der Waals surface area contributed by atoms with Gasteiger partial charge in [-0.1, -0.05) is 6.08 Å². The topological polar surface area (TPSA) is 67.4 Å². The molecule has 1 fully saturated rings. The van der Waals surface area contributed by atoms with Crippen LogP contribution in [0.1, 0.15) is 34.1 Å². The molecule has 0 aromatic rings. The molecule has 1 saturated heterocycles. The maximum atomic E-state index is 12.5. The average molecular weight is 268 g/mol. The number of hydrogen-bond acceptors (Lipinski definition) is 3. The first-order valence-electron chi connectivity index (χ1n) is 6.50. The molecule has 2 N–H and O–H groups in total. The predicted molar refractivity (Wildman–Crippen MR) is 73.6 cm³/mol. The van der Waals surface area contributed by atoms with Crippen molar-refractivity contribution < 1.29 is 14.3 Å². The highest BCUT2D eigenvalue weighted by atomic mass is 16.5. The van der Waals surface area contributed by atoms with Gasteiger partial charge in [-0.15, -0.1) is 6.58 Å². The fourth-order valence-electron chi connectivity index (χ4n) is 2.20. The fraction of sp³-hybridized carbons (Fsp3) is 0.714. The van der Waals surface area contributed by atoms with Crippen molar-refractivity contribution >= 4 is 11.8 Å². The summed E-state index contributed by atoms with van der Waals surface area (Å²) in [5.74, 6) is -0.384. The third-order valence-electron chi connectivity index (χ3n) is 2.96. The van der Waals surface area contributed by atoms with Crippen LogP contribution in [0.15, 0.2) is 12.7 Å². The third-order valence-corrected chi connectivity index (χ3v) is 2.96. The molecule has 2 unspecified atom stereocenters. The van der Waals surface area contributed by atoms with E-state index in [2.05, 4.69) is 17.2 Å². The maximum Gasteiger partial charge on any atom is 0.248 e. The van der Waals surface area contributed by atoms with Crippen molar-refractivity contribution in [3.05, 3.63) is 12.7 Å². The molecule has 0 radical (unpaired) electrons. The molecule has 1 rings (SSSR count). The predicted octanol–water partition coefficient (Wildman–Crippen LogP) is 0.998. The van der Waals surface area contributed by atoms with E-state index in [1.54, 1.807) is 6.08 Å². The smallest absolute Gasteiger partial charge is 0.248 e. The Bertz CT molecular complexity index is 373. The second-order valence-electron chi connectivity index (χ2n) is 6.18. The first-order valence-corrected chi connectivity index (χ1v) is 6.50. The molecule has 0 spiro atoms. The van der Waals surface area contributed by atoms with Crippen LogP contribution in [-0.2, 0) is 14.3 Å². The molecule has 2 atom stereocenters. The van der Waals surface area contributed by atoms with Crippen molar-refractivity contribution in [2.75, 3.05) is 13.2 Å². The van der Waals surface area contributed by atoms with E-state index in [9.17, 15) is 9.59 Å². The Kier molecular flexibility index (Phi) is 4.74. The van der Waals surface area contributed by atoms with E-state index in [4.69, 9.17) is 4.74 Å². The number of hydrogen-bond donors (Lipinski definition) is 2. The van der Waals surface area contributed by atoms with Gasteiger partial charge in [0.05, 0.1) is 13.2 Å². The van der Waals surface area contributed by atoms with E-state index >= 15 is 0 Å². The van der Waals surface area contributed by atoms with Gasteiger partial charge in [0.1, 0.15) is 5.54 Å². The van der Waals surface area contributed by atoms with Crippen LogP contribution in [0.3, 0.4) is 0 Å². The van der Waals surface area contributed by atoms with Gasteiger partial charge < -0.3 is 15.4 Å². The Morgan fingerprint density at radius 2 is 2.05 bits per heavy atom. The quantitative estimate of drug-likeness (QED) is 0.750. The molecule has 19 heavy (non-hydrogen) atoms. The van der Waals surface area contributed by atoms with E-state index in [1.165, 1.54) is 6.92 Å². The van der Waals surface area contributed by atoms with Crippen LogP contribution in [0.5, 0.6) is 0 Å². The summed E-state index contributed by atoms with van der Waals surface area (Å²) >= 11 is 0. The zero-order chi connectivity index (χ0) is 14.7. The van der Waals surface area contributed by atoms with Gasteiger partial charge in [0, 0.05) is 18.4 Å². The van der Waals surface area contributed by atoms with Gasteiger partial charge in [-0.25, -0.2) is 0 Å². The van der Waals surface area contributed by atoms with E-state index in [0.29, 0.717) is 13.0 Å². The van der Waals surface area contributed by atoms with Crippen molar-refractivity contribution in [1.29, 1.82) is 0 Å². The molecule has 1 heterocycles. The van der Waals surface area contributed by atoms with Crippen LogP contribution < -0.4 is 10.6 Å². The summed E-state index contributed by atoms with van der Waals surface area (Å²) in [5, 5.41) is 5.67. The van der Waals surface area contributed by atoms with Crippen molar-refractivity contribution in [3.63, 3.8) is 0 Å². The third kappa shape index (κ3) is 4.35. The van der Waals surface area contributed by atoms with Crippen molar-refractivity contribution in [2.45, 2.75) is 45.2 Å². The van der Waals surface area contributed by atoms with Gasteiger partial charge >= 0.3 is 0 Å².